The zero-order valence-corrected chi connectivity index (χ0v) is 7.62. The summed E-state index contributed by atoms with van der Waals surface area (Å²) in [6.07, 6.45) is 0.0515. The molecule has 1 heterocycles. The van der Waals surface area contributed by atoms with Crippen LogP contribution in [0.1, 0.15) is 6.42 Å². The van der Waals surface area contributed by atoms with E-state index in [0.29, 0.717) is 0 Å². The molecular weight excluding hydrogens is 194 g/mol. The minimum atomic E-state index is -3.20. The molecule has 6 heteroatoms. The largest absolute Gasteiger partial charge is 0.481 e. The van der Waals surface area contributed by atoms with Crippen molar-refractivity contribution >= 4 is 15.8 Å². The number of hydrogen-bond donors (Lipinski definition) is 1. The number of carboxylic acids is 1. The lowest BCUT2D eigenvalue weighted by Gasteiger charge is -2.22. The zero-order chi connectivity index (χ0) is 10.1. The van der Waals surface area contributed by atoms with Crippen LogP contribution in [0.4, 0.5) is 0 Å². The topological polar surface area (TPSA) is 95.2 Å². The van der Waals surface area contributed by atoms with Gasteiger partial charge in [-0.15, -0.1) is 0 Å². The molecule has 0 aromatic heterocycles. The summed E-state index contributed by atoms with van der Waals surface area (Å²) in [5.74, 6) is -3.24. The van der Waals surface area contributed by atoms with Gasteiger partial charge in [-0.25, -0.2) is 8.42 Å². The van der Waals surface area contributed by atoms with Crippen molar-refractivity contribution in [2.24, 2.45) is 11.8 Å². The van der Waals surface area contributed by atoms with Gasteiger partial charge in [0.2, 0.25) is 0 Å². The molecule has 1 aliphatic rings. The van der Waals surface area contributed by atoms with Crippen LogP contribution >= 0.6 is 0 Å². The second-order valence-electron chi connectivity index (χ2n) is 3.08. The van der Waals surface area contributed by atoms with Crippen molar-refractivity contribution in [3.05, 3.63) is 0 Å². The Balaban J connectivity index is 2.85. The first-order valence-electron chi connectivity index (χ1n) is 3.79. The van der Waals surface area contributed by atoms with Gasteiger partial charge < -0.3 is 5.11 Å². The normalized spacial score (nSPS) is 31.9. The summed E-state index contributed by atoms with van der Waals surface area (Å²) in [5, 5.41) is 17.2. The molecule has 1 saturated heterocycles. The summed E-state index contributed by atoms with van der Waals surface area (Å²) in [4.78, 5) is 10.6. The number of carboxylic acid groups (broad SMARTS) is 1. The van der Waals surface area contributed by atoms with E-state index in [1.54, 1.807) is 6.07 Å². The fourth-order valence-electron chi connectivity index (χ4n) is 1.40. The van der Waals surface area contributed by atoms with E-state index >= 15 is 0 Å². The summed E-state index contributed by atoms with van der Waals surface area (Å²) >= 11 is 0. The highest BCUT2D eigenvalue weighted by Gasteiger charge is 2.37. The Morgan fingerprint density at radius 3 is 2.62 bits per heavy atom. The molecule has 1 N–H and O–H groups in total. The van der Waals surface area contributed by atoms with Crippen LogP contribution in [-0.2, 0) is 14.6 Å². The number of hydrogen-bond acceptors (Lipinski definition) is 4. The van der Waals surface area contributed by atoms with Gasteiger partial charge in [-0.3, -0.25) is 4.79 Å². The van der Waals surface area contributed by atoms with Crippen molar-refractivity contribution < 1.29 is 18.3 Å². The van der Waals surface area contributed by atoms with Gasteiger partial charge in [-0.2, -0.15) is 5.26 Å². The number of rotatable bonds is 1. The zero-order valence-electron chi connectivity index (χ0n) is 6.80. The number of nitriles is 1. The summed E-state index contributed by atoms with van der Waals surface area (Å²) in [6.45, 7) is 0. The van der Waals surface area contributed by atoms with Crippen LogP contribution in [0.15, 0.2) is 0 Å². The molecule has 1 fully saturated rings. The standard InChI is InChI=1S/C7H9NO4S/c8-3-5-4-13(11,12)2-1-6(5)7(9)10/h5-6H,1-2,4H2,(H,9,10). The van der Waals surface area contributed by atoms with Gasteiger partial charge in [0.1, 0.15) is 0 Å². The molecule has 0 amide bonds. The van der Waals surface area contributed by atoms with Crippen LogP contribution in [0.2, 0.25) is 0 Å². The van der Waals surface area contributed by atoms with Gasteiger partial charge in [0.15, 0.2) is 9.84 Å². The second kappa shape index (κ2) is 3.34. The molecule has 13 heavy (non-hydrogen) atoms. The van der Waals surface area contributed by atoms with Crippen molar-refractivity contribution in [2.45, 2.75) is 6.42 Å². The fourth-order valence-corrected chi connectivity index (χ4v) is 3.04. The molecule has 0 spiro atoms. The Kier molecular flexibility index (Phi) is 2.57. The van der Waals surface area contributed by atoms with Crippen LogP contribution in [0.25, 0.3) is 0 Å². The van der Waals surface area contributed by atoms with E-state index < -0.39 is 27.6 Å². The maximum Gasteiger partial charge on any atom is 0.307 e. The maximum atomic E-state index is 11.0. The number of sulfone groups is 1. The number of aliphatic carboxylic acids is 1. The Bertz CT molecular complexity index is 353. The highest BCUT2D eigenvalue weighted by Crippen LogP contribution is 2.24. The second-order valence-corrected chi connectivity index (χ2v) is 5.31. The highest BCUT2D eigenvalue weighted by atomic mass is 32.2. The van der Waals surface area contributed by atoms with Crippen LogP contribution < -0.4 is 0 Å². The van der Waals surface area contributed by atoms with Crippen molar-refractivity contribution in [2.75, 3.05) is 11.5 Å². The predicted octanol–water partition coefficient (Wildman–Crippen LogP) is -0.355. The third-order valence-electron chi connectivity index (χ3n) is 2.14. The van der Waals surface area contributed by atoms with Crippen molar-refractivity contribution in [3.8, 4) is 6.07 Å². The quantitative estimate of drug-likeness (QED) is 0.628. The summed E-state index contributed by atoms with van der Waals surface area (Å²) in [6, 6.07) is 1.73. The molecule has 1 aliphatic heterocycles. The fraction of sp³-hybridized carbons (Fsp3) is 0.714. The molecule has 72 valence electrons. The first-order valence-corrected chi connectivity index (χ1v) is 5.61. The molecular formula is C7H9NO4S. The van der Waals surface area contributed by atoms with Crippen LogP contribution in [0, 0.1) is 23.2 Å². The lowest BCUT2D eigenvalue weighted by atomic mass is 9.92. The third-order valence-corrected chi connectivity index (χ3v) is 3.87. The van der Waals surface area contributed by atoms with Crippen LogP contribution in [0.5, 0.6) is 0 Å². The molecule has 0 aromatic rings. The molecule has 2 atom stereocenters. The Labute approximate surface area is 75.9 Å². The third kappa shape index (κ3) is 2.18. The molecule has 0 saturated carbocycles. The first kappa shape index (κ1) is 9.99. The minimum Gasteiger partial charge on any atom is -0.481 e. The van der Waals surface area contributed by atoms with Gasteiger partial charge in [0.05, 0.1) is 29.4 Å². The van der Waals surface area contributed by atoms with Crippen molar-refractivity contribution in [1.29, 1.82) is 5.26 Å². The van der Waals surface area contributed by atoms with E-state index in [1.165, 1.54) is 0 Å². The maximum absolute atomic E-state index is 11.0. The number of nitrogens with zero attached hydrogens (tertiary/aromatic N) is 1. The van der Waals surface area contributed by atoms with E-state index in [0.717, 1.165) is 0 Å². The molecule has 5 nitrogen and oxygen atoms in total. The van der Waals surface area contributed by atoms with E-state index in [4.69, 9.17) is 10.4 Å². The minimum absolute atomic E-state index is 0.0515. The molecule has 0 aromatic carbocycles. The SMILES string of the molecule is N#CC1CS(=O)(=O)CCC1C(=O)O. The lowest BCUT2D eigenvalue weighted by molar-refractivity contribution is -0.142. The summed E-state index contributed by atoms with van der Waals surface area (Å²) in [5.41, 5.74) is 0. The van der Waals surface area contributed by atoms with E-state index in [9.17, 15) is 13.2 Å². The smallest absolute Gasteiger partial charge is 0.307 e. The van der Waals surface area contributed by atoms with E-state index in [2.05, 4.69) is 0 Å². The molecule has 2 unspecified atom stereocenters. The average Bonchev–Trinajstić information content (AvgIpc) is 2.01. The van der Waals surface area contributed by atoms with Crippen molar-refractivity contribution in [1.82, 2.24) is 0 Å². The Morgan fingerprint density at radius 2 is 2.15 bits per heavy atom. The summed E-state index contributed by atoms with van der Waals surface area (Å²) in [7, 11) is -3.20. The predicted molar refractivity (Wildman–Crippen MR) is 43.5 cm³/mol. The van der Waals surface area contributed by atoms with Gasteiger partial charge >= 0.3 is 5.97 Å². The molecule has 0 radical (unpaired) electrons. The lowest BCUT2D eigenvalue weighted by Crippen LogP contribution is -2.36. The van der Waals surface area contributed by atoms with Crippen molar-refractivity contribution in [3.63, 3.8) is 0 Å². The van der Waals surface area contributed by atoms with Gasteiger partial charge in [-0.1, -0.05) is 0 Å². The van der Waals surface area contributed by atoms with Gasteiger partial charge in [0.25, 0.3) is 0 Å². The summed E-state index contributed by atoms with van der Waals surface area (Å²) < 4.78 is 22.1. The molecule has 1 rings (SSSR count). The monoisotopic (exact) mass is 203 g/mol. The number of carbonyl (C=O) groups is 1. The Hall–Kier alpha value is -1.09. The highest BCUT2D eigenvalue weighted by molar-refractivity contribution is 7.91. The Morgan fingerprint density at radius 1 is 1.54 bits per heavy atom. The van der Waals surface area contributed by atoms with Crippen LogP contribution in [0.3, 0.4) is 0 Å². The molecule has 0 bridgehead atoms. The average molecular weight is 203 g/mol. The van der Waals surface area contributed by atoms with E-state index in [1.807, 2.05) is 0 Å². The molecule has 0 aliphatic carbocycles. The first-order chi connectivity index (χ1) is 5.96. The van der Waals surface area contributed by atoms with Crippen LogP contribution in [-0.4, -0.2) is 31.0 Å². The van der Waals surface area contributed by atoms with E-state index in [-0.39, 0.29) is 17.9 Å². The van der Waals surface area contributed by atoms with Gasteiger partial charge in [-0.05, 0) is 6.42 Å². The van der Waals surface area contributed by atoms with Gasteiger partial charge in [0, 0.05) is 0 Å².